The normalized spacial score (nSPS) is 20.3. The van der Waals surface area contributed by atoms with Crippen molar-refractivity contribution in [3.05, 3.63) is 39.6 Å². The number of ether oxygens (including phenoxy) is 1. The first-order valence-corrected chi connectivity index (χ1v) is 9.33. The summed E-state index contributed by atoms with van der Waals surface area (Å²) in [6, 6.07) is 3.23. The van der Waals surface area contributed by atoms with Crippen molar-refractivity contribution in [1.29, 1.82) is 0 Å². The molecule has 0 aromatic carbocycles. The molecule has 1 amide bonds. The average Bonchev–Trinajstić information content (AvgIpc) is 3.37. The molecule has 2 fully saturated rings. The summed E-state index contributed by atoms with van der Waals surface area (Å²) in [5.41, 5.74) is 1.32. The molecule has 0 saturated carbocycles. The number of rotatable bonds is 4. The molecule has 2 saturated heterocycles. The highest BCUT2D eigenvalue weighted by molar-refractivity contribution is 5.91. The number of anilines is 1. The highest BCUT2D eigenvalue weighted by Crippen LogP contribution is 2.27. The molecule has 27 heavy (non-hydrogen) atoms. The zero-order valence-corrected chi connectivity index (χ0v) is 15.3. The van der Waals surface area contributed by atoms with Crippen molar-refractivity contribution in [2.75, 3.05) is 44.3 Å². The average molecular weight is 373 g/mol. The fourth-order valence-electron chi connectivity index (χ4n) is 3.52. The number of aromatic nitrogens is 3. The molecule has 2 aromatic heterocycles. The second-order valence-electron chi connectivity index (χ2n) is 6.87. The number of nitrogens with zero attached hydrogens (tertiary/aromatic N) is 4. The maximum Gasteiger partial charge on any atom is 0.292 e. The fraction of sp³-hybridized carbons (Fsp3) is 0.556. The van der Waals surface area contributed by atoms with Crippen LogP contribution < -0.4 is 10.5 Å². The molecule has 1 atom stereocenters. The number of nitrogens with one attached hydrogen (secondary N) is 1. The fourth-order valence-corrected chi connectivity index (χ4v) is 3.52. The standard InChI is InChI=1S/C18H23N5O4/c1-2-13-9-15(27-21-13)17(25)23-4-3-12(11-23)14-10-16(24)20-18(19-14)22-5-7-26-8-6-22/h9-10,12H,2-8,11H2,1H3,(H,19,20,24). The van der Waals surface area contributed by atoms with Crippen molar-refractivity contribution in [3.8, 4) is 0 Å². The van der Waals surface area contributed by atoms with Crippen LogP contribution in [0, 0.1) is 0 Å². The van der Waals surface area contributed by atoms with Gasteiger partial charge in [0.15, 0.2) is 0 Å². The highest BCUT2D eigenvalue weighted by atomic mass is 16.5. The van der Waals surface area contributed by atoms with Gasteiger partial charge >= 0.3 is 0 Å². The van der Waals surface area contributed by atoms with Gasteiger partial charge in [-0.3, -0.25) is 14.6 Å². The molecule has 0 radical (unpaired) electrons. The minimum atomic E-state index is -0.172. The molecule has 0 aliphatic carbocycles. The summed E-state index contributed by atoms with van der Waals surface area (Å²) < 4.78 is 10.5. The summed E-state index contributed by atoms with van der Waals surface area (Å²) in [6.07, 6.45) is 1.49. The molecule has 0 bridgehead atoms. The smallest absolute Gasteiger partial charge is 0.292 e. The molecular formula is C18H23N5O4. The molecular weight excluding hydrogens is 350 g/mol. The largest absolute Gasteiger partial charge is 0.378 e. The minimum absolute atomic E-state index is 0.0320. The van der Waals surface area contributed by atoms with Crippen LogP contribution in [0.5, 0.6) is 0 Å². The summed E-state index contributed by atoms with van der Waals surface area (Å²) in [6.45, 7) is 5.72. The topological polar surface area (TPSA) is 105 Å². The van der Waals surface area contributed by atoms with Gasteiger partial charge in [-0.2, -0.15) is 0 Å². The SMILES string of the molecule is CCc1cc(C(=O)N2CCC(c3cc(=O)[nH]c(N4CCOCC4)n3)C2)on1. The zero-order chi connectivity index (χ0) is 18.8. The van der Waals surface area contributed by atoms with Crippen molar-refractivity contribution >= 4 is 11.9 Å². The first-order chi connectivity index (χ1) is 13.1. The van der Waals surface area contributed by atoms with Crippen LogP contribution in [0.15, 0.2) is 21.5 Å². The van der Waals surface area contributed by atoms with Crippen LogP contribution in [0.25, 0.3) is 0 Å². The lowest BCUT2D eigenvalue weighted by Gasteiger charge is -2.27. The van der Waals surface area contributed by atoms with E-state index in [0.29, 0.717) is 45.3 Å². The Balaban J connectivity index is 1.49. The van der Waals surface area contributed by atoms with Gasteiger partial charge in [0.25, 0.3) is 11.5 Å². The van der Waals surface area contributed by atoms with E-state index in [2.05, 4.69) is 15.1 Å². The molecule has 1 N–H and O–H groups in total. The van der Waals surface area contributed by atoms with Gasteiger partial charge in [-0.1, -0.05) is 12.1 Å². The lowest BCUT2D eigenvalue weighted by molar-refractivity contribution is 0.0749. The van der Waals surface area contributed by atoms with Gasteiger partial charge in [-0.05, 0) is 12.8 Å². The maximum atomic E-state index is 12.6. The number of carbonyl (C=O) groups is 1. The van der Waals surface area contributed by atoms with Crippen molar-refractivity contribution in [2.24, 2.45) is 0 Å². The molecule has 2 aliphatic rings. The lowest BCUT2D eigenvalue weighted by Crippen LogP contribution is -2.38. The van der Waals surface area contributed by atoms with Gasteiger partial charge in [0, 0.05) is 44.2 Å². The van der Waals surface area contributed by atoms with Crippen LogP contribution in [0.4, 0.5) is 5.95 Å². The van der Waals surface area contributed by atoms with Crippen LogP contribution in [0.1, 0.15) is 41.2 Å². The number of hydrogen-bond acceptors (Lipinski definition) is 7. The third kappa shape index (κ3) is 3.73. The molecule has 9 nitrogen and oxygen atoms in total. The number of likely N-dealkylation sites (tertiary alicyclic amines) is 1. The number of aromatic amines is 1. The molecule has 2 aliphatic heterocycles. The maximum absolute atomic E-state index is 12.6. The molecule has 1 unspecified atom stereocenters. The zero-order valence-electron chi connectivity index (χ0n) is 15.3. The van der Waals surface area contributed by atoms with E-state index in [9.17, 15) is 9.59 Å². The highest BCUT2D eigenvalue weighted by Gasteiger charge is 2.31. The van der Waals surface area contributed by atoms with Gasteiger partial charge in [-0.25, -0.2) is 4.98 Å². The molecule has 9 heteroatoms. The van der Waals surface area contributed by atoms with Crippen LogP contribution in [-0.4, -0.2) is 65.3 Å². The van der Waals surface area contributed by atoms with Crippen LogP contribution in [0.2, 0.25) is 0 Å². The Labute approximate surface area is 156 Å². The van der Waals surface area contributed by atoms with Gasteiger partial charge in [-0.15, -0.1) is 0 Å². The summed E-state index contributed by atoms with van der Waals surface area (Å²) in [4.78, 5) is 36.0. The van der Waals surface area contributed by atoms with Crippen LogP contribution in [0.3, 0.4) is 0 Å². The van der Waals surface area contributed by atoms with Crippen molar-refractivity contribution in [3.63, 3.8) is 0 Å². The van der Waals surface area contributed by atoms with Gasteiger partial charge in [0.2, 0.25) is 11.7 Å². The predicted octanol–water partition coefficient (Wildman–Crippen LogP) is 0.787. The van der Waals surface area contributed by atoms with E-state index in [1.54, 1.807) is 11.0 Å². The summed E-state index contributed by atoms with van der Waals surface area (Å²) >= 11 is 0. The van der Waals surface area contributed by atoms with Crippen LogP contribution in [-0.2, 0) is 11.2 Å². The number of hydrogen-bond donors (Lipinski definition) is 1. The molecule has 144 valence electrons. The molecule has 4 heterocycles. The first kappa shape index (κ1) is 17.7. The Morgan fingerprint density at radius 2 is 2.11 bits per heavy atom. The number of carbonyl (C=O) groups excluding carboxylic acids is 1. The lowest BCUT2D eigenvalue weighted by atomic mass is 10.1. The Morgan fingerprint density at radius 1 is 1.30 bits per heavy atom. The van der Waals surface area contributed by atoms with Gasteiger partial charge in [0.05, 0.1) is 24.6 Å². The molecule has 0 spiro atoms. The monoisotopic (exact) mass is 373 g/mol. The van der Waals surface area contributed by atoms with Gasteiger partial charge in [0.1, 0.15) is 0 Å². The summed E-state index contributed by atoms with van der Waals surface area (Å²) in [5.74, 6) is 0.710. The quantitative estimate of drug-likeness (QED) is 0.845. The van der Waals surface area contributed by atoms with Crippen molar-refractivity contribution in [2.45, 2.75) is 25.7 Å². The number of amides is 1. The van der Waals surface area contributed by atoms with Crippen molar-refractivity contribution in [1.82, 2.24) is 20.0 Å². The Hall–Kier alpha value is -2.68. The number of aryl methyl sites for hydroxylation is 1. The van der Waals surface area contributed by atoms with E-state index in [-0.39, 0.29) is 23.1 Å². The summed E-state index contributed by atoms with van der Waals surface area (Å²) in [7, 11) is 0. The van der Waals surface area contributed by atoms with Crippen molar-refractivity contribution < 1.29 is 14.1 Å². The second-order valence-corrected chi connectivity index (χ2v) is 6.87. The predicted molar refractivity (Wildman–Crippen MR) is 97.0 cm³/mol. The van der Waals surface area contributed by atoms with Gasteiger partial charge < -0.3 is 19.1 Å². The summed E-state index contributed by atoms with van der Waals surface area (Å²) in [5, 5.41) is 3.88. The third-order valence-corrected chi connectivity index (χ3v) is 5.09. The number of morpholine rings is 1. The van der Waals surface area contributed by atoms with E-state index in [0.717, 1.165) is 24.2 Å². The Kier molecular flexibility index (Phi) is 4.93. The third-order valence-electron chi connectivity index (χ3n) is 5.09. The van der Waals surface area contributed by atoms with Crippen LogP contribution >= 0.6 is 0 Å². The molecule has 4 rings (SSSR count). The minimum Gasteiger partial charge on any atom is -0.378 e. The first-order valence-electron chi connectivity index (χ1n) is 9.33. The van der Waals surface area contributed by atoms with E-state index in [4.69, 9.17) is 9.26 Å². The second kappa shape index (κ2) is 7.51. The van der Waals surface area contributed by atoms with E-state index in [1.165, 1.54) is 6.07 Å². The van der Waals surface area contributed by atoms with E-state index in [1.807, 2.05) is 11.8 Å². The van der Waals surface area contributed by atoms with E-state index >= 15 is 0 Å². The molecule has 2 aromatic rings. The van der Waals surface area contributed by atoms with E-state index < -0.39 is 0 Å². The number of H-pyrrole nitrogens is 1. The Bertz CT molecular complexity index is 871. The Morgan fingerprint density at radius 3 is 2.85 bits per heavy atom.